The van der Waals surface area contributed by atoms with E-state index in [0.29, 0.717) is 0 Å². The summed E-state index contributed by atoms with van der Waals surface area (Å²) in [5.41, 5.74) is 0. The third-order valence-electron chi connectivity index (χ3n) is 1.45. The molecule has 5 heteroatoms. The lowest BCUT2D eigenvalue weighted by atomic mass is 10.3. The van der Waals surface area contributed by atoms with Gasteiger partial charge in [-0.05, 0) is 0 Å². The van der Waals surface area contributed by atoms with Gasteiger partial charge in [0.15, 0.2) is 0 Å². The molecule has 1 saturated heterocycles. The van der Waals surface area contributed by atoms with Crippen molar-refractivity contribution in [2.45, 2.75) is 10.9 Å². The maximum Gasteiger partial charge on any atom is 0.410 e. The summed E-state index contributed by atoms with van der Waals surface area (Å²) in [6.45, 7) is 0.285. The number of halogens is 2. The van der Waals surface area contributed by atoms with Crippen LogP contribution in [0.25, 0.3) is 0 Å². The van der Waals surface area contributed by atoms with Crippen molar-refractivity contribution in [2.75, 3.05) is 13.7 Å². The summed E-state index contributed by atoms with van der Waals surface area (Å²) in [5, 5.41) is 0. The molecule has 0 aromatic carbocycles. The quantitative estimate of drug-likeness (QED) is 0.573. The molecule has 0 aliphatic carbocycles. The second kappa shape index (κ2) is 2.84. The number of hydrogen-bond donors (Lipinski definition) is 0. The third kappa shape index (κ3) is 1.30. The van der Waals surface area contributed by atoms with Crippen molar-refractivity contribution in [1.29, 1.82) is 0 Å². The predicted octanol–water partition coefficient (Wildman–Crippen LogP) is 1.24. The van der Waals surface area contributed by atoms with E-state index < -0.39 is 4.84 Å². The second-order valence-corrected chi connectivity index (χ2v) is 3.25. The van der Waals surface area contributed by atoms with Crippen molar-refractivity contribution >= 4 is 29.3 Å². The number of alkyl halides is 2. The summed E-state index contributed by atoms with van der Waals surface area (Å²) in [6.07, 6.45) is -0.365. The normalized spacial score (nSPS) is 25.8. The fourth-order valence-corrected chi connectivity index (χ4v) is 1.23. The molecule has 0 aromatic heterocycles. The summed E-state index contributed by atoms with van der Waals surface area (Å²) >= 11 is 11.1. The first-order valence-electron chi connectivity index (χ1n) is 2.80. The van der Waals surface area contributed by atoms with Crippen molar-refractivity contribution in [3.63, 3.8) is 0 Å². The Morgan fingerprint density at radius 3 is 2.60 bits per heavy atom. The van der Waals surface area contributed by atoms with Crippen molar-refractivity contribution in [3.05, 3.63) is 0 Å². The summed E-state index contributed by atoms with van der Waals surface area (Å²) < 4.78 is 4.66. The molecule has 0 radical (unpaired) electrons. The van der Waals surface area contributed by atoms with E-state index in [0.717, 1.165) is 0 Å². The SMILES string of the molecule is CN1C(=O)OCC1C(Cl)Cl. The molecule has 1 atom stereocenters. The predicted molar refractivity (Wildman–Crippen MR) is 38.4 cm³/mol. The Balaban J connectivity index is 2.57. The van der Waals surface area contributed by atoms with Crippen LogP contribution in [0.15, 0.2) is 0 Å². The minimum Gasteiger partial charge on any atom is -0.447 e. The highest BCUT2D eigenvalue weighted by molar-refractivity contribution is 6.44. The van der Waals surface area contributed by atoms with Gasteiger partial charge in [-0.25, -0.2) is 4.79 Å². The van der Waals surface area contributed by atoms with Gasteiger partial charge < -0.3 is 9.64 Å². The first-order chi connectivity index (χ1) is 4.63. The first kappa shape index (κ1) is 7.95. The minimum absolute atomic E-state index is 0.198. The van der Waals surface area contributed by atoms with E-state index in [9.17, 15) is 4.79 Å². The molecule has 0 aromatic rings. The Labute approximate surface area is 68.8 Å². The van der Waals surface area contributed by atoms with Crippen molar-refractivity contribution < 1.29 is 9.53 Å². The standard InChI is InChI=1S/C5H7Cl2NO2/c1-8-3(4(6)7)2-10-5(8)9/h3-4H,2H2,1H3. The molecule has 0 spiro atoms. The number of cyclic esters (lactones) is 1. The van der Waals surface area contributed by atoms with E-state index in [2.05, 4.69) is 4.74 Å². The molecule has 0 saturated carbocycles. The molecule has 0 N–H and O–H groups in total. The zero-order valence-corrected chi connectivity index (χ0v) is 6.89. The zero-order chi connectivity index (χ0) is 7.72. The number of hydrogen-bond acceptors (Lipinski definition) is 2. The second-order valence-electron chi connectivity index (χ2n) is 2.09. The number of likely N-dealkylation sites (N-methyl/N-ethyl adjacent to an activating group) is 1. The smallest absolute Gasteiger partial charge is 0.410 e. The maximum atomic E-state index is 10.7. The number of carbonyl (C=O) groups excluding carboxylic acids is 1. The van der Waals surface area contributed by atoms with Crippen LogP contribution in [0.2, 0.25) is 0 Å². The highest BCUT2D eigenvalue weighted by Gasteiger charge is 2.33. The molecular weight excluding hydrogens is 177 g/mol. The number of amides is 1. The Morgan fingerprint density at radius 2 is 2.40 bits per heavy atom. The first-order valence-corrected chi connectivity index (χ1v) is 3.68. The molecular formula is C5H7Cl2NO2. The fourth-order valence-electron chi connectivity index (χ4n) is 0.747. The molecule has 10 heavy (non-hydrogen) atoms. The van der Waals surface area contributed by atoms with E-state index in [1.165, 1.54) is 4.90 Å². The van der Waals surface area contributed by atoms with E-state index in [1.54, 1.807) is 7.05 Å². The van der Waals surface area contributed by atoms with Crippen LogP contribution in [0.4, 0.5) is 4.79 Å². The van der Waals surface area contributed by atoms with Crippen LogP contribution in [-0.4, -0.2) is 35.5 Å². The Bertz CT molecular complexity index is 151. The topological polar surface area (TPSA) is 29.5 Å². The van der Waals surface area contributed by atoms with Crippen molar-refractivity contribution in [1.82, 2.24) is 4.90 Å². The van der Waals surface area contributed by atoms with Gasteiger partial charge in [0, 0.05) is 7.05 Å². The van der Waals surface area contributed by atoms with Crippen LogP contribution in [0.3, 0.4) is 0 Å². The monoisotopic (exact) mass is 183 g/mol. The molecule has 3 nitrogen and oxygen atoms in total. The van der Waals surface area contributed by atoms with Gasteiger partial charge in [-0.15, -0.1) is 23.2 Å². The molecule has 0 bridgehead atoms. The number of rotatable bonds is 1. The largest absolute Gasteiger partial charge is 0.447 e. The summed E-state index contributed by atoms with van der Waals surface area (Å²) in [7, 11) is 1.61. The van der Waals surface area contributed by atoms with Crippen LogP contribution >= 0.6 is 23.2 Å². The molecule has 58 valence electrons. The van der Waals surface area contributed by atoms with Gasteiger partial charge in [0.1, 0.15) is 11.4 Å². The Kier molecular flexibility index (Phi) is 2.26. The van der Waals surface area contributed by atoms with Crippen LogP contribution in [-0.2, 0) is 4.74 Å². The Morgan fingerprint density at radius 1 is 1.80 bits per heavy atom. The molecule has 1 fully saturated rings. The third-order valence-corrected chi connectivity index (χ3v) is 2.04. The van der Waals surface area contributed by atoms with Crippen molar-refractivity contribution in [3.8, 4) is 0 Å². The van der Waals surface area contributed by atoms with Gasteiger partial charge in [0.2, 0.25) is 0 Å². The molecule has 1 aliphatic rings. The maximum absolute atomic E-state index is 10.7. The highest BCUT2D eigenvalue weighted by Crippen LogP contribution is 2.19. The summed E-state index contributed by atoms with van der Waals surface area (Å²) in [4.78, 5) is 11.5. The lowest BCUT2D eigenvalue weighted by molar-refractivity contribution is 0.163. The van der Waals surface area contributed by atoms with Gasteiger partial charge in [0.25, 0.3) is 0 Å². The van der Waals surface area contributed by atoms with Crippen LogP contribution in [0, 0.1) is 0 Å². The minimum atomic E-state index is -0.573. The molecule has 1 unspecified atom stereocenters. The van der Waals surface area contributed by atoms with E-state index in [4.69, 9.17) is 23.2 Å². The molecule has 1 aliphatic heterocycles. The van der Waals surface area contributed by atoms with E-state index >= 15 is 0 Å². The van der Waals surface area contributed by atoms with Crippen LogP contribution < -0.4 is 0 Å². The zero-order valence-electron chi connectivity index (χ0n) is 5.38. The molecule has 1 heterocycles. The van der Waals surface area contributed by atoms with Gasteiger partial charge in [-0.3, -0.25) is 0 Å². The number of carbonyl (C=O) groups is 1. The van der Waals surface area contributed by atoms with Crippen molar-refractivity contribution in [2.24, 2.45) is 0 Å². The van der Waals surface area contributed by atoms with E-state index in [1.807, 2.05) is 0 Å². The Hall–Kier alpha value is -0.150. The number of nitrogens with zero attached hydrogens (tertiary/aromatic N) is 1. The van der Waals surface area contributed by atoms with Crippen LogP contribution in [0.5, 0.6) is 0 Å². The highest BCUT2D eigenvalue weighted by atomic mass is 35.5. The lowest BCUT2D eigenvalue weighted by Crippen LogP contribution is -2.34. The average molecular weight is 184 g/mol. The fraction of sp³-hybridized carbons (Fsp3) is 0.800. The van der Waals surface area contributed by atoms with Gasteiger partial charge in [-0.2, -0.15) is 0 Å². The van der Waals surface area contributed by atoms with E-state index in [-0.39, 0.29) is 18.7 Å². The van der Waals surface area contributed by atoms with Gasteiger partial charge >= 0.3 is 6.09 Å². The molecule has 1 amide bonds. The summed E-state index contributed by atoms with van der Waals surface area (Å²) in [5.74, 6) is 0. The van der Waals surface area contributed by atoms with Crippen LogP contribution in [0.1, 0.15) is 0 Å². The average Bonchev–Trinajstić information content (AvgIpc) is 2.14. The summed E-state index contributed by atoms with van der Waals surface area (Å²) in [6, 6.07) is -0.198. The van der Waals surface area contributed by atoms with Gasteiger partial charge in [-0.1, -0.05) is 0 Å². The molecule has 1 rings (SSSR count). The number of ether oxygens (including phenoxy) is 1. The lowest BCUT2D eigenvalue weighted by Gasteiger charge is -2.15. The van der Waals surface area contributed by atoms with Gasteiger partial charge in [0.05, 0.1) is 6.04 Å².